The number of hydrogen-bond donors (Lipinski definition) is 0. The van der Waals surface area contributed by atoms with Crippen molar-refractivity contribution in [1.29, 1.82) is 0 Å². The average molecular weight is 340 g/mol. The Morgan fingerprint density at radius 3 is 2.70 bits per heavy atom. The Morgan fingerprint density at radius 1 is 1.40 bits per heavy atom. The Kier molecular flexibility index (Phi) is 4.86. The lowest BCUT2D eigenvalue weighted by Crippen LogP contribution is -2.16. The second kappa shape index (κ2) is 6.62. The van der Waals surface area contributed by atoms with E-state index in [-0.39, 0.29) is 11.7 Å². The minimum Gasteiger partial charge on any atom is -0.384 e. The number of aromatic nitrogens is 2. The molecule has 106 valence electrons. The molecule has 0 spiro atoms. The van der Waals surface area contributed by atoms with Crippen molar-refractivity contribution in [2.45, 2.75) is 12.5 Å². The quantitative estimate of drug-likeness (QED) is 0.599. The van der Waals surface area contributed by atoms with E-state index in [1.165, 1.54) is 16.9 Å². The molecule has 1 atom stereocenters. The molecular formula is C13H14BrN3O3. The van der Waals surface area contributed by atoms with Gasteiger partial charge >= 0.3 is 5.82 Å². The molecule has 20 heavy (non-hydrogen) atoms. The molecular weight excluding hydrogens is 326 g/mol. The number of ether oxygens (including phenoxy) is 1. The molecule has 0 amide bonds. The van der Waals surface area contributed by atoms with Crippen LogP contribution in [0.2, 0.25) is 0 Å². The Labute approximate surface area is 124 Å². The number of methoxy groups -OCH3 is 1. The van der Waals surface area contributed by atoms with Crippen LogP contribution < -0.4 is 0 Å². The monoisotopic (exact) mass is 339 g/mol. The lowest BCUT2D eigenvalue weighted by atomic mass is 10.0. The largest absolute Gasteiger partial charge is 0.384 e. The number of rotatable bonds is 6. The first-order valence-electron chi connectivity index (χ1n) is 6.02. The summed E-state index contributed by atoms with van der Waals surface area (Å²) in [5.41, 5.74) is 1.06. The van der Waals surface area contributed by atoms with Gasteiger partial charge in [-0.3, -0.25) is 0 Å². The standard InChI is InChI=1S/C13H14BrN3O3/c1-20-9-11(10-2-4-12(14)5-3-10)8-16-13(17(18)19)6-7-15-16/h2-7,11H,8-9H2,1H3. The minimum atomic E-state index is -0.432. The Morgan fingerprint density at radius 2 is 2.10 bits per heavy atom. The van der Waals surface area contributed by atoms with Gasteiger partial charge in [-0.05, 0) is 22.6 Å². The SMILES string of the molecule is COCC(Cn1nccc1[N+](=O)[O-])c1ccc(Br)cc1. The fraction of sp³-hybridized carbons (Fsp3) is 0.308. The first kappa shape index (κ1) is 14.7. The summed E-state index contributed by atoms with van der Waals surface area (Å²) >= 11 is 3.39. The predicted octanol–water partition coefficient (Wildman–Crippen LogP) is 2.98. The van der Waals surface area contributed by atoms with Crippen LogP contribution in [-0.2, 0) is 11.3 Å². The number of nitrogens with zero attached hydrogens (tertiary/aromatic N) is 3. The number of nitro groups is 1. The molecule has 1 unspecified atom stereocenters. The van der Waals surface area contributed by atoms with Gasteiger partial charge in [0, 0.05) is 17.5 Å². The smallest absolute Gasteiger partial charge is 0.344 e. The van der Waals surface area contributed by atoms with Gasteiger partial charge in [0.2, 0.25) is 0 Å². The molecule has 6 nitrogen and oxygen atoms in total. The summed E-state index contributed by atoms with van der Waals surface area (Å²) in [6.07, 6.45) is 1.43. The zero-order chi connectivity index (χ0) is 14.5. The molecule has 2 rings (SSSR count). The van der Waals surface area contributed by atoms with E-state index in [1.54, 1.807) is 7.11 Å². The maximum atomic E-state index is 10.9. The normalized spacial score (nSPS) is 12.3. The van der Waals surface area contributed by atoms with E-state index in [9.17, 15) is 10.1 Å². The number of halogens is 1. The predicted molar refractivity (Wildman–Crippen MR) is 77.6 cm³/mol. The molecule has 0 bridgehead atoms. The van der Waals surface area contributed by atoms with Crippen LogP contribution in [0.1, 0.15) is 11.5 Å². The molecule has 1 heterocycles. The van der Waals surface area contributed by atoms with Crippen molar-refractivity contribution in [2.24, 2.45) is 0 Å². The maximum absolute atomic E-state index is 10.9. The molecule has 1 aromatic carbocycles. The second-order valence-electron chi connectivity index (χ2n) is 4.33. The van der Waals surface area contributed by atoms with E-state index < -0.39 is 4.92 Å². The van der Waals surface area contributed by atoms with Gasteiger partial charge in [-0.2, -0.15) is 0 Å². The van der Waals surface area contributed by atoms with Crippen LogP contribution in [-0.4, -0.2) is 28.4 Å². The maximum Gasteiger partial charge on any atom is 0.344 e. The van der Waals surface area contributed by atoms with Gasteiger partial charge in [0.15, 0.2) is 0 Å². The first-order chi connectivity index (χ1) is 9.61. The van der Waals surface area contributed by atoms with Crippen LogP contribution in [0.25, 0.3) is 0 Å². The highest BCUT2D eigenvalue weighted by Crippen LogP contribution is 2.22. The van der Waals surface area contributed by atoms with Crippen LogP contribution in [0.3, 0.4) is 0 Å². The highest BCUT2D eigenvalue weighted by Gasteiger charge is 2.20. The third kappa shape index (κ3) is 3.43. The number of benzene rings is 1. The summed E-state index contributed by atoms with van der Waals surface area (Å²) in [6.45, 7) is 0.872. The third-order valence-electron chi connectivity index (χ3n) is 2.98. The van der Waals surface area contributed by atoms with Crippen molar-refractivity contribution in [3.8, 4) is 0 Å². The van der Waals surface area contributed by atoms with E-state index in [2.05, 4.69) is 21.0 Å². The molecule has 0 aliphatic rings. The number of hydrogen-bond acceptors (Lipinski definition) is 4. The molecule has 0 N–H and O–H groups in total. The van der Waals surface area contributed by atoms with Gasteiger partial charge in [0.1, 0.15) is 6.54 Å². The lowest BCUT2D eigenvalue weighted by molar-refractivity contribution is -0.392. The van der Waals surface area contributed by atoms with Gasteiger partial charge in [0.25, 0.3) is 0 Å². The van der Waals surface area contributed by atoms with Crippen molar-refractivity contribution in [2.75, 3.05) is 13.7 Å². The summed E-state index contributed by atoms with van der Waals surface area (Å²) in [6, 6.07) is 9.22. The molecule has 0 radical (unpaired) electrons. The van der Waals surface area contributed by atoms with Crippen LogP contribution in [0.15, 0.2) is 41.0 Å². The summed E-state index contributed by atoms with van der Waals surface area (Å²) < 4.78 is 7.60. The summed E-state index contributed by atoms with van der Waals surface area (Å²) in [4.78, 5) is 10.5. The molecule has 1 aromatic heterocycles. The lowest BCUT2D eigenvalue weighted by Gasteiger charge is -2.14. The van der Waals surface area contributed by atoms with E-state index in [0.717, 1.165) is 10.0 Å². The first-order valence-corrected chi connectivity index (χ1v) is 6.81. The fourth-order valence-corrected chi connectivity index (χ4v) is 2.28. The van der Waals surface area contributed by atoms with Crippen molar-refractivity contribution < 1.29 is 9.66 Å². The summed E-state index contributed by atoms with van der Waals surface area (Å²) in [7, 11) is 1.61. The van der Waals surface area contributed by atoms with Gasteiger partial charge in [0.05, 0.1) is 18.9 Å². The summed E-state index contributed by atoms with van der Waals surface area (Å²) in [5, 5.41) is 14.9. The molecule has 0 saturated heterocycles. The molecule has 7 heteroatoms. The summed E-state index contributed by atoms with van der Waals surface area (Å²) in [5.74, 6) is -0.00471. The van der Waals surface area contributed by atoms with Crippen molar-refractivity contribution in [3.05, 3.63) is 56.7 Å². The van der Waals surface area contributed by atoms with Gasteiger partial charge in [-0.15, -0.1) is 4.68 Å². The average Bonchev–Trinajstić information content (AvgIpc) is 2.87. The van der Waals surface area contributed by atoms with E-state index in [4.69, 9.17) is 4.74 Å². The van der Waals surface area contributed by atoms with Crippen LogP contribution in [0.5, 0.6) is 0 Å². The zero-order valence-corrected chi connectivity index (χ0v) is 12.5. The third-order valence-corrected chi connectivity index (χ3v) is 3.51. The highest BCUT2D eigenvalue weighted by molar-refractivity contribution is 9.10. The van der Waals surface area contributed by atoms with Gasteiger partial charge in [-0.1, -0.05) is 33.2 Å². The zero-order valence-electron chi connectivity index (χ0n) is 10.9. The molecule has 0 fully saturated rings. The van der Waals surface area contributed by atoms with Crippen LogP contribution in [0.4, 0.5) is 5.82 Å². The van der Waals surface area contributed by atoms with Crippen LogP contribution in [0, 0.1) is 10.1 Å². The second-order valence-corrected chi connectivity index (χ2v) is 5.25. The minimum absolute atomic E-state index is 0.00620. The van der Waals surface area contributed by atoms with Gasteiger partial charge in [-0.25, -0.2) is 0 Å². The van der Waals surface area contributed by atoms with E-state index >= 15 is 0 Å². The Hall–Kier alpha value is -1.73. The van der Waals surface area contributed by atoms with Gasteiger partial charge < -0.3 is 14.9 Å². The molecule has 0 saturated carbocycles. The Balaban J connectivity index is 2.23. The van der Waals surface area contributed by atoms with Crippen LogP contribution >= 0.6 is 15.9 Å². The van der Waals surface area contributed by atoms with Crippen molar-refractivity contribution >= 4 is 21.7 Å². The molecule has 0 aliphatic heterocycles. The van der Waals surface area contributed by atoms with Crippen molar-refractivity contribution in [3.63, 3.8) is 0 Å². The Bertz CT molecular complexity index is 583. The molecule has 0 aliphatic carbocycles. The topological polar surface area (TPSA) is 70.2 Å². The fourth-order valence-electron chi connectivity index (χ4n) is 2.02. The van der Waals surface area contributed by atoms with E-state index in [0.29, 0.717) is 13.2 Å². The van der Waals surface area contributed by atoms with Crippen molar-refractivity contribution in [1.82, 2.24) is 9.78 Å². The van der Waals surface area contributed by atoms with E-state index in [1.807, 2.05) is 24.3 Å². The highest BCUT2D eigenvalue weighted by atomic mass is 79.9. The molecule has 2 aromatic rings.